The number of fused-ring (bicyclic) bond motifs is 1. The second-order valence-electron chi connectivity index (χ2n) is 6.60. The summed E-state index contributed by atoms with van der Waals surface area (Å²) in [6.45, 7) is 3.07. The van der Waals surface area contributed by atoms with Gasteiger partial charge in [-0.15, -0.1) is 0 Å². The first-order chi connectivity index (χ1) is 12.3. The number of anilines is 1. The third-order valence-electron chi connectivity index (χ3n) is 4.81. The summed E-state index contributed by atoms with van der Waals surface area (Å²) in [5, 5.41) is 14.0. The number of hydrogen-bond donors (Lipinski definition) is 2. The number of aromatic amines is 1. The average Bonchev–Trinajstić information content (AvgIpc) is 3.12. The molecule has 0 aliphatic carbocycles. The zero-order valence-corrected chi connectivity index (χ0v) is 14.1. The molecule has 0 bridgehead atoms. The Morgan fingerprint density at radius 2 is 2.16 bits per heavy atom. The largest absolute Gasteiger partial charge is 0.379 e. The minimum absolute atomic E-state index is 0.338. The predicted molar refractivity (Wildman–Crippen MR) is 99.2 cm³/mol. The van der Waals surface area contributed by atoms with Gasteiger partial charge >= 0.3 is 0 Å². The van der Waals surface area contributed by atoms with Crippen LogP contribution in [0.15, 0.2) is 48.8 Å². The van der Waals surface area contributed by atoms with Gasteiger partial charge in [-0.3, -0.25) is 4.90 Å². The van der Waals surface area contributed by atoms with E-state index in [1.54, 1.807) is 6.20 Å². The summed E-state index contributed by atoms with van der Waals surface area (Å²) in [7, 11) is 0. The van der Waals surface area contributed by atoms with E-state index in [2.05, 4.69) is 56.6 Å². The first-order valence-corrected chi connectivity index (χ1v) is 8.72. The van der Waals surface area contributed by atoms with Crippen LogP contribution in [0.25, 0.3) is 11.0 Å². The minimum Gasteiger partial charge on any atom is -0.379 e. The summed E-state index contributed by atoms with van der Waals surface area (Å²) < 4.78 is 0. The molecule has 0 saturated carbocycles. The maximum Gasteiger partial charge on any atom is 0.139 e. The van der Waals surface area contributed by atoms with E-state index in [1.165, 1.54) is 5.56 Å². The van der Waals surface area contributed by atoms with E-state index in [4.69, 9.17) is 0 Å². The van der Waals surface area contributed by atoms with E-state index in [0.717, 1.165) is 49.2 Å². The van der Waals surface area contributed by atoms with Crippen LogP contribution < -0.4 is 5.32 Å². The highest BCUT2D eigenvalue weighted by molar-refractivity contribution is 5.92. The van der Waals surface area contributed by atoms with Gasteiger partial charge in [-0.2, -0.15) is 5.26 Å². The molecular weight excluding hydrogens is 310 g/mol. The smallest absolute Gasteiger partial charge is 0.139 e. The molecule has 1 aliphatic rings. The summed E-state index contributed by atoms with van der Waals surface area (Å²) in [4.78, 5) is 9.91. The Kier molecular flexibility index (Phi) is 4.36. The Hall–Kier alpha value is -2.84. The fourth-order valence-electron chi connectivity index (χ4n) is 3.61. The molecule has 1 aromatic carbocycles. The number of likely N-dealkylation sites (tertiary alicyclic amines) is 1. The van der Waals surface area contributed by atoms with Crippen molar-refractivity contribution >= 4 is 16.7 Å². The first kappa shape index (κ1) is 15.7. The molecule has 1 saturated heterocycles. The van der Waals surface area contributed by atoms with Gasteiger partial charge in [0.05, 0.1) is 11.3 Å². The van der Waals surface area contributed by atoms with Crippen molar-refractivity contribution in [2.75, 3.05) is 18.4 Å². The van der Waals surface area contributed by atoms with Crippen molar-refractivity contribution in [1.29, 1.82) is 5.26 Å². The number of rotatable bonds is 4. The van der Waals surface area contributed by atoms with Crippen LogP contribution in [0.3, 0.4) is 0 Å². The fourth-order valence-corrected chi connectivity index (χ4v) is 3.61. The monoisotopic (exact) mass is 331 g/mol. The number of benzene rings is 1. The van der Waals surface area contributed by atoms with E-state index in [9.17, 15) is 5.26 Å². The van der Waals surface area contributed by atoms with Crippen molar-refractivity contribution < 1.29 is 0 Å². The van der Waals surface area contributed by atoms with Crippen LogP contribution >= 0.6 is 0 Å². The fraction of sp³-hybridized carbons (Fsp3) is 0.300. The summed E-state index contributed by atoms with van der Waals surface area (Å²) in [6.07, 6.45) is 5.79. The SMILES string of the molecule is N#Cc1cnc2[nH]ccc2c1NC1CCCN(Cc2ccccc2)C1. The van der Waals surface area contributed by atoms with Gasteiger partial charge in [0.25, 0.3) is 0 Å². The minimum atomic E-state index is 0.338. The Balaban J connectivity index is 1.51. The molecule has 126 valence electrons. The molecule has 0 spiro atoms. The number of pyridine rings is 1. The third-order valence-corrected chi connectivity index (χ3v) is 4.81. The topological polar surface area (TPSA) is 67.7 Å². The zero-order chi connectivity index (χ0) is 17.1. The molecule has 1 aliphatic heterocycles. The molecule has 3 heterocycles. The summed E-state index contributed by atoms with van der Waals surface area (Å²) in [5.41, 5.74) is 3.67. The van der Waals surface area contributed by atoms with Crippen LogP contribution in [-0.4, -0.2) is 34.0 Å². The molecule has 5 nitrogen and oxygen atoms in total. The standard InChI is InChI=1S/C20H21N5/c21-11-16-12-23-20-18(8-9-22-20)19(16)24-17-7-4-10-25(14-17)13-15-5-2-1-3-6-15/h1-3,5-6,8-9,12,17H,4,7,10,13-14H2,(H2,22,23,24). The number of hydrogen-bond acceptors (Lipinski definition) is 4. The van der Waals surface area contributed by atoms with Crippen LogP contribution in [0, 0.1) is 11.3 Å². The Labute approximate surface area is 147 Å². The first-order valence-electron chi connectivity index (χ1n) is 8.72. The highest BCUT2D eigenvalue weighted by Crippen LogP contribution is 2.27. The van der Waals surface area contributed by atoms with Gasteiger partial charge in [-0.05, 0) is 31.0 Å². The molecule has 1 unspecified atom stereocenters. The van der Waals surface area contributed by atoms with Crippen molar-refractivity contribution in [3.05, 3.63) is 59.9 Å². The van der Waals surface area contributed by atoms with Gasteiger partial charge in [-0.1, -0.05) is 30.3 Å². The zero-order valence-electron chi connectivity index (χ0n) is 14.1. The van der Waals surface area contributed by atoms with Crippen LogP contribution in [0.5, 0.6) is 0 Å². The molecule has 4 rings (SSSR count). The quantitative estimate of drug-likeness (QED) is 0.768. The number of nitrogens with one attached hydrogen (secondary N) is 2. The van der Waals surface area contributed by atoms with Crippen molar-refractivity contribution in [2.24, 2.45) is 0 Å². The third kappa shape index (κ3) is 3.35. The Bertz CT molecular complexity index is 893. The average molecular weight is 331 g/mol. The highest BCUT2D eigenvalue weighted by atomic mass is 15.2. The van der Waals surface area contributed by atoms with Gasteiger partial charge in [0.2, 0.25) is 0 Å². The van der Waals surface area contributed by atoms with Gasteiger partial charge < -0.3 is 10.3 Å². The van der Waals surface area contributed by atoms with Crippen molar-refractivity contribution in [3.63, 3.8) is 0 Å². The number of nitrogens with zero attached hydrogens (tertiary/aromatic N) is 3. The predicted octanol–water partition coefficient (Wildman–Crippen LogP) is 3.51. The van der Waals surface area contributed by atoms with Crippen LogP contribution in [0.1, 0.15) is 24.0 Å². The molecule has 2 aromatic heterocycles. The molecule has 25 heavy (non-hydrogen) atoms. The molecular formula is C20H21N5. The van der Waals surface area contributed by atoms with Crippen molar-refractivity contribution in [3.8, 4) is 6.07 Å². The van der Waals surface area contributed by atoms with E-state index in [-0.39, 0.29) is 0 Å². The lowest BCUT2D eigenvalue weighted by atomic mass is 10.0. The van der Waals surface area contributed by atoms with Crippen molar-refractivity contribution in [1.82, 2.24) is 14.9 Å². The molecule has 2 N–H and O–H groups in total. The van der Waals surface area contributed by atoms with E-state index in [1.807, 2.05) is 12.3 Å². The summed E-state index contributed by atoms with van der Waals surface area (Å²) in [5.74, 6) is 0. The molecule has 0 amide bonds. The van der Waals surface area contributed by atoms with Crippen molar-refractivity contribution in [2.45, 2.75) is 25.4 Å². The van der Waals surface area contributed by atoms with E-state index < -0.39 is 0 Å². The lowest BCUT2D eigenvalue weighted by Gasteiger charge is -2.34. The van der Waals surface area contributed by atoms with Crippen LogP contribution in [0.2, 0.25) is 0 Å². The second kappa shape index (κ2) is 6.96. The van der Waals surface area contributed by atoms with Gasteiger partial charge in [0.1, 0.15) is 11.7 Å². The molecule has 5 heteroatoms. The highest BCUT2D eigenvalue weighted by Gasteiger charge is 2.21. The van der Waals surface area contributed by atoms with Crippen LogP contribution in [0.4, 0.5) is 5.69 Å². The molecule has 0 radical (unpaired) electrons. The normalized spacial score (nSPS) is 18.1. The maximum absolute atomic E-state index is 9.44. The van der Waals surface area contributed by atoms with E-state index >= 15 is 0 Å². The summed E-state index contributed by atoms with van der Waals surface area (Å²) in [6, 6.07) is 15.2. The lowest BCUT2D eigenvalue weighted by molar-refractivity contribution is 0.208. The molecule has 1 atom stereocenters. The lowest BCUT2D eigenvalue weighted by Crippen LogP contribution is -2.41. The molecule has 1 fully saturated rings. The van der Waals surface area contributed by atoms with Gasteiger partial charge in [-0.25, -0.2) is 4.98 Å². The number of H-pyrrole nitrogens is 1. The Morgan fingerprint density at radius 1 is 1.28 bits per heavy atom. The van der Waals surface area contributed by atoms with Gasteiger partial charge in [0.15, 0.2) is 0 Å². The molecule has 3 aromatic rings. The number of piperidine rings is 1. The summed E-state index contributed by atoms with van der Waals surface area (Å²) >= 11 is 0. The van der Waals surface area contributed by atoms with Crippen LogP contribution in [-0.2, 0) is 6.54 Å². The second-order valence-corrected chi connectivity index (χ2v) is 6.60. The Morgan fingerprint density at radius 3 is 3.00 bits per heavy atom. The number of aromatic nitrogens is 2. The maximum atomic E-state index is 9.44. The number of nitriles is 1. The van der Waals surface area contributed by atoms with E-state index in [0.29, 0.717) is 11.6 Å². The van der Waals surface area contributed by atoms with Gasteiger partial charge in [0, 0.05) is 36.9 Å².